The monoisotopic (exact) mass is 395 g/mol. The maximum atomic E-state index is 13.9. The summed E-state index contributed by atoms with van der Waals surface area (Å²) in [7, 11) is 3.74. The molecule has 0 saturated carbocycles. The minimum atomic E-state index is -0.262. The molecule has 1 aliphatic rings. The van der Waals surface area contributed by atoms with Crippen molar-refractivity contribution in [3.8, 4) is 22.7 Å². The molecule has 0 aliphatic carbocycles. The third kappa shape index (κ3) is 4.64. The standard InChI is InChI=1S/C22H26FN5O/c1-27(15-19-10-11-24-25-19)13-17-14-28(20-6-8-21(29-2)9-7-20)26-22(17)16-4-3-5-18(23)12-16/h3-9,12,14,19,24-25H,10-11,13,15H2,1-2H3. The lowest BCUT2D eigenvalue weighted by Gasteiger charge is -2.20. The second-order valence-corrected chi connectivity index (χ2v) is 7.41. The lowest BCUT2D eigenvalue weighted by atomic mass is 10.1. The van der Waals surface area contributed by atoms with E-state index < -0.39 is 0 Å². The Bertz CT molecular complexity index is 950. The topological polar surface area (TPSA) is 54.4 Å². The fourth-order valence-corrected chi connectivity index (χ4v) is 3.67. The predicted octanol–water partition coefficient (Wildman–Crippen LogP) is 2.99. The molecule has 4 rings (SSSR count). The largest absolute Gasteiger partial charge is 0.497 e. The molecule has 3 aromatic rings. The van der Waals surface area contributed by atoms with Crippen molar-refractivity contribution in [2.75, 3.05) is 27.2 Å². The number of likely N-dealkylation sites (N-methyl/N-ethyl adjacent to an activating group) is 1. The molecule has 1 saturated heterocycles. The average Bonchev–Trinajstić information content (AvgIpc) is 3.38. The Labute approximate surface area is 170 Å². The van der Waals surface area contributed by atoms with Gasteiger partial charge in [0, 0.05) is 43.0 Å². The van der Waals surface area contributed by atoms with Gasteiger partial charge in [0.25, 0.3) is 0 Å². The molecule has 1 aliphatic heterocycles. The summed E-state index contributed by atoms with van der Waals surface area (Å²) in [4.78, 5) is 2.27. The molecular weight excluding hydrogens is 369 g/mol. The highest BCUT2D eigenvalue weighted by Gasteiger charge is 2.19. The fraction of sp³-hybridized carbons (Fsp3) is 0.318. The number of methoxy groups -OCH3 is 1. The van der Waals surface area contributed by atoms with Gasteiger partial charge in [-0.1, -0.05) is 12.1 Å². The molecule has 2 heterocycles. The fourth-order valence-electron chi connectivity index (χ4n) is 3.67. The summed E-state index contributed by atoms with van der Waals surface area (Å²) in [6.45, 7) is 2.63. The number of aromatic nitrogens is 2. The van der Waals surface area contributed by atoms with Gasteiger partial charge in [-0.05, 0) is 49.9 Å². The number of hydrogen-bond acceptors (Lipinski definition) is 5. The lowest BCUT2D eigenvalue weighted by Crippen LogP contribution is -2.38. The highest BCUT2D eigenvalue weighted by Crippen LogP contribution is 2.26. The van der Waals surface area contributed by atoms with Crippen molar-refractivity contribution in [2.24, 2.45) is 0 Å². The zero-order valence-electron chi connectivity index (χ0n) is 16.7. The Morgan fingerprint density at radius 3 is 2.76 bits per heavy atom. The normalized spacial score (nSPS) is 16.5. The van der Waals surface area contributed by atoms with Crippen LogP contribution in [0.1, 0.15) is 12.0 Å². The van der Waals surface area contributed by atoms with E-state index in [2.05, 4.69) is 22.8 Å². The van der Waals surface area contributed by atoms with E-state index in [0.717, 1.165) is 54.3 Å². The van der Waals surface area contributed by atoms with Crippen LogP contribution in [-0.4, -0.2) is 48.0 Å². The number of hydrazine groups is 1. The number of hydrogen-bond donors (Lipinski definition) is 2. The highest BCUT2D eigenvalue weighted by molar-refractivity contribution is 5.63. The van der Waals surface area contributed by atoms with Crippen LogP contribution in [0.15, 0.2) is 54.7 Å². The maximum Gasteiger partial charge on any atom is 0.123 e. The van der Waals surface area contributed by atoms with Crippen molar-refractivity contribution >= 4 is 0 Å². The van der Waals surface area contributed by atoms with Gasteiger partial charge in [0.05, 0.1) is 18.5 Å². The van der Waals surface area contributed by atoms with Crippen LogP contribution in [0.4, 0.5) is 4.39 Å². The van der Waals surface area contributed by atoms with Gasteiger partial charge in [0.1, 0.15) is 11.6 Å². The van der Waals surface area contributed by atoms with E-state index >= 15 is 0 Å². The summed E-state index contributed by atoms with van der Waals surface area (Å²) in [6.07, 6.45) is 3.13. The number of ether oxygens (including phenoxy) is 1. The Morgan fingerprint density at radius 2 is 2.07 bits per heavy atom. The first-order valence-electron chi connectivity index (χ1n) is 9.78. The van der Waals surface area contributed by atoms with Gasteiger partial charge in [-0.15, -0.1) is 0 Å². The molecule has 2 N–H and O–H groups in total. The van der Waals surface area contributed by atoms with Gasteiger partial charge in [0.2, 0.25) is 0 Å². The van der Waals surface area contributed by atoms with Crippen LogP contribution in [0.2, 0.25) is 0 Å². The first-order chi connectivity index (χ1) is 14.1. The van der Waals surface area contributed by atoms with Crippen molar-refractivity contribution in [2.45, 2.75) is 19.0 Å². The van der Waals surface area contributed by atoms with Crippen molar-refractivity contribution in [3.63, 3.8) is 0 Å². The van der Waals surface area contributed by atoms with E-state index in [-0.39, 0.29) is 5.82 Å². The molecular formula is C22H26FN5O. The minimum absolute atomic E-state index is 0.262. The van der Waals surface area contributed by atoms with E-state index in [1.807, 2.05) is 41.2 Å². The summed E-state index contributed by atoms with van der Waals surface area (Å²) in [5, 5.41) is 4.79. The Hall–Kier alpha value is -2.74. The van der Waals surface area contributed by atoms with Crippen LogP contribution in [-0.2, 0) is 6.54 Å². The second kappa shape index (κ2) is 8.73. The summed E-state index contributed by atoms with van der Waals surface area (Å²) in [5.41, 5.74) is 10.0. The van der Waals surface area contributed by atoms with E-state index in [1.54, 1.807) is 13.2 Å². The molecule has 29 heavy (non-hydrogen) atoms. The van der Waals surface area contributed by atoms with E-state index in [9.17, 15) is 4.39 Å². The summed E-state index contributed by atoms with van der Waals surface area (Å²) >= 11 is 0. The van der Waals surface area contributed by atoms with Crippen LogP contribution < -0.4 is 15.6 Å². The van der Waals surface area contributed by atoms with Crippen LogP contribution >= 0.6 is 0 Å². The van der Waals surface area contributed by atoms with Gasteiger partial charge in [-0.2, -0.15) is 5.10 Å². The van der Waals surface area contributed by atoms with Gasteiger partial charge < -0.3 is 9.64 Å². The van der Waals surface area contributed by atoms with Crippen LogP contribution in [0.3, 0.4) is 0 Å². The number of benzene rings is 2. The molecule has 7 heteroatoms. The van der Waals surface area contributed by atoms with Crippen molar-refractivity contribution in [1.82, 2.24) is 25.5 Å². The Morgan fingerprint density at radius 1 is 1.24 bits per heavy atom. The number of halogens is 1. The first-order valence-corrected chi connectivity index (χ1v) is 9.78. The minimum Gasteiger partial charge on any atom is -0.497 e. The van der Waals surface area contributed by atoms with Gasteiger partial charge >= 0.3 is 0 Å². The number of nitrogens with zero attached hydrogens (tertiary/aromatic N) is 3. The first kappa shape index (κ1) is 19.6. The van der Waals surface area contributed by atoms with Crippen LogP contribution in [0.5, 0.6) is 5.75 Å². The molecule has 1 aromatic heterocycles. The van der Waals surface area contributed by atoms with Crippen LogP contribution in [0.25, 0.3) is 16.9 Å². The zero-order chi connectivity index (χ0) is 20.2. The highest BCUT2D eigenvalue weighted by atomic mass is 19.1. The lowest BCUT2D eigenvalue weighted by molar-refractivity contribution is 0.289. The molecule has 2 aromatic carbocycles. The molecule has 0 spiro atoms. The average molecular weight is 395 g/mol. The number of nitrogens with one attached hydrogen (secondary N) is 2. The molecule has 0 amide bonds. The molecule has 152 valence electrons. The molecule has 6 nitrogen and oxygen atoms in total. The van der Waals surface area contributed by atoms with Crippen molar-refractivity contribution in [1.29, 1.82) is 0 Å². The van der Waals surface area contributed by atoms with Crippen molar-refractivity contribution < 1.29 is 9.13 Å². The third-order valence-corrected chi connectivity index (χ3v) is 5.12. The van der Waals surface area contributed by atoms with Gasteiger partial charge in [-0.3, -0.25) is 10.9 Å². The smallest absolute Gasteiger partial charge is 0.123 e. The molecule has 1 atom stereocenters. The van der Waals surface area contributed by atoms with E-state index in [0.29, 0.717) is 6.04 Å². The summed E-state index contributed by atoms with van der Waals surface area (Å²) in [5.74, 6) is 0.533. The quantitative estimate of drug-likeness (QED) is 0.644. The second-order valence-electron chi connectivity index (χ2n) is 7.41. The van der Waals surface area contributed by atoms with Gasteiger partial charge in [-0.25, -0.2) is 9.07 Å². The Balaban J connectivity index is 1.64. The SMILES string of the molecule is COc1ccc(-n2cc(CN(C)CC3CCNN3)c(-c3cccc(F)c3)n2)cc1. The maximum absolute atomic E-state index is 13.9. The molecule has 0 radical (unpaired) electrons. The third-order valence-electron chi connectivity index (χ3n) is 5.12. The van der Waals surface area contributed by atoms with E-state index in [4.69, 9.17) is 9.84 Å². The zero-order valence-corrected chi connectivity index (χ0v) is 16.7. The van der Waals surface area contributed by atoms with Crippen molar-refractivity contribution in [3.05, 3.63) is 66.1 Å². The Kier molecular flexibility index (Phi) is 5.89. The van der Waals surface area contributed by atoms with Gasteiger partial charge in [0.15, 0.2) is 0 Å². The summed E-state index contributed by atoms with van der Waals surface area (Å²) < 4.78 is 20.9. The van der Waals surface area contributed by atoms with E-state index in [1.165, 1.54) is 12.1 Å². The summed E-state index contributed by atoms with van der Waals surface area (Å²) in [6, 6.07) is 14.8. The molecule has 0 bridgehead atoms. The number of rotatable bonds is 7. The molecule has 1 fully saturated rings. The molecule has 1 unspecified atom stereocenters. The predicted molar refractivity (Wildman–Crippen MR) is 111 cm³/mol. The van der Waals surface area contributed by atoms with Crippen LogP contribution in [0, 0.1) is 5.82 Å².